The van der Waals surface area contributed by atoms with E-state index >= 15 is 0 Å². The minimum atomic E-state index is 0.536. The SMILES string of the molecule is Brc1cnc([N-][n+]2ccccc2)c(Br)n1. The zero-order chi connectivity index (χ0) is 10.7. The molecule has 76 valence electrons. The van der Waals surface area contributed by atoms with Crippen LogP contribution in [0.4, 0.5) is 5.82 Å². The van der Waals surface area contributed by atoms with Crippen LogP contribution in [0.25, 0.3) is 5.43 Å². The number of aromatic nitrogens is 3. The lowest BCUT2D eigenvalue weighted by Gasteiger charge is -2.09. The first-order valence-corrected chi connectivity index (χ1v) is 5.70. The summed E-state index contributed by atoms with van der Waals surface area (Å²) in [5, 5.41) is 0. The van der Waals surface area contributed by atoms with Crippen LogP contribution in [0.5, 0.6) is 0 Å². The Morgan fingerprint density at radius 1 is 1.13 bits per heavy atom. The summed E-state index contributed by atoms with van der Waals surface area (Å²) in [7, 11) is 0. The molecule has 0 saturated carbocycles. The van der Waals surface area contributed by atoms with Crippen molar-refractivity contribution in [3.05, 3.63) is 51.4 Å². The molecule has 0 radical (unpaired) electrons. The zero-order valence-electron chi connectivity index (χ0n) is 7.51. The molecule has 0 saturated heterocycles. The Labute approximate surface area is 104 Å². The predicted molar refractivity (Wildman–Crippen MR) is 62.5 cm³/mol. The number of hydrogen-bond acceptors (Lipinski definition) is 2. The summed E-state index contributed by atoms with van der Waals surface area (Å²) in [4.78, 5) is 8.26. The van der Waals surface area contributed by atoms with Crippen LogP contribution in [0.15, 0.2) is 46.0 Å². The minimum absolute atomic E-state index is 0.536. The van der Waals surface area contributed by atoms with Crippen molar-refractivity contribution in [1.82, 2.24) is 9.97 Å². The second-order valence-electron chi connectivity index (χ2n) is 2.66. The summed E-state index contributed by atoms with van der Waals surface area (Å²) >= 11 is 6.52. The molecule has 2 aromatic rings. The first-order valence-electron chi connectivity index (χ1n) is 4.12. The van der Waals surface area contributed by atoms with Gasteiger partial charge in [-0.05, 0) is 38.1 Å². The summed E-state index contributed by atoms with van der Waals surface area (Å²) in [6.07, 6.45) is 5.26. The Morgan fingerprint density at radius 3 is 2.53 bits per heavy atom. The third-order valence-electron chi connectivity index (χ3n) is 1.59. The maximum Gasteiger partial charge on any atom is 0.182 e. The molecule has 2 rings (SSSR count). The van der Waals surface area contributed by atoms with Crippen LogP contribution in [0.2, 0.25) is 0 Å². The van der Waals surface area contributed by atoms with Crippen molar-refractivity contribution in [3.63, 3.8) is 0 Å². The Balaban J connectivity index is 2.25. The van der Waals surface area contributed by atoms with Crippen LogP contribution in [0.3, 0.4) is 0 Å². The molecule has 2 heterocycles. The van der Waals surface area contributed by atoms with Crippen LogP contribution < -0.4 is 4.68 Å². The van der Waals surface area contributed by atoms with Crippen molar-refractivity contribution in [2.24, 2.45) is 0 Å². The third-order valence-corrected chi connectivity index (χ3v) is 2.51. The molecule has 0 amide bonds. The lowest BCUT2D eigenvalue weighted by atomic mass is 10.5. The van der Waals surface area contributed by atoms with Crippen LogP contribution >= 0.6 is 31.9 Å². The van der Waals surface area contributed by atoms with E-state index in [2.05, 4.69) is 47.3 Å². The molecule has 4 nitrogen and oxygen atoms in total. The van der Waals surface area contributed by atoms with Crippen molar-refractivity contribution < 1.29 is 4.68 Å². The average molecular weight is 330 g/mol. The molecule has 2 aromatic heterocycles. The second kappa shape index (κ2) is 4.67. The van der Waals surface area contributed by atoms with Gasteiger partial charge in [-0.15, -0.1) is 0 Å². The van der Waals surface area contributed by atoms with Gasteiger partial charge < -0.3 is 4.98 Å². The fourth-order valence-corrected chi connectivity index (χ4v) is 1.86. The average Bonchev–Trinajstić information content (AvgIpc) is 2.24. The molecule has 0 unspecified atom stereocenters. The predicted octanol–water partition coefficient (Wildman–Crippen LogP) is 2.76. The quantitative estimate of drug-likeness (QED) is 0.795. The summed E-state index contributed by atoms with van der Waals surface area (Å²) in [6.45, 7) is 0. The van der Waals surface area contributed by atoms with Gasteiger partial charge >= 0.3 is 0 Å². The third kappa shape index (κ3) is 2.73. The maximum absolute atomic E-state index is 4.26. The van der Waals surface area contributed by atoms with E-state index in [1.165, 1.54) is 0 Å². The summed E-state index contributed by atoms with van der Waals surface area (Å²) < 4.78 is 2.95. The van der Waals surface area contributed by atoms with E-state index in [4.69, 9.17) is 0 Å². The number of pyridine rings is 1. The fourth-order valence-electron chi connectivity index (χ4n) is 0.973. The molecular weight excluding hydrogens is 324 g/mol. The van der Waals surface area contributed by atoms with E-state index in [-0.39, 0.29) is 0 Å². The molecule has 0 atom stereocenters. The molecule has 0 aliphatic heterocycles. The Kier molecular flexibility index (Phi) is 3.27. The number of rotatable bonds is 2. The van der Waals surface area contributed by atoms with Gasteiger partial charge in [0, 0.05) is 18.0 Å². The van der Waals surface area contributed by atoms with Crippen molar-refractivity contribution in [1.29, 1.82) is 0 Å². The van der Waals surface area contributed by atoms with Crippen molar-refractivity contribution >= 4 is 37.7 Å². The van der Waals surface area contributed by atoms with Crippen LogP contribution in [-0.2, 0) is 0 Å². The molecule has 0 spiro atoms. The topological polar surface area (TPSA) is 43.8 Å². The van der Waals surface area contributed by atoms with Crippen LogP contribution in [0.1, 0.15) is 0 Å². The molecule has 0 aliphatic rings. The second-order valence-corrected chi connectivity index (χ2v) is 4.23. The first kappa shape index (κ1) is 10.5. The number of nitrogens with zero attached hydrogens (tertiary/aromatic N) is 4. The van der Waals surface area contributed by atoms with Crippen molar-refractivity contribution in [2.75, 3.05) is 0 Å². The molecule has 6 heteroatoms. The van der Waals surface area contributed by atoms with Crippen molar-refractivity contribution in [3.8, 4) is 0 Å². The van der Waals surface area contributed by atoms with Crippen LogP contribution in [0, 0.1) is 0 Å². The largest absolute Gasteiger partial charge is 0.434 e. The van der Waals surface area contributed by atoms with Gasteiger partial charge in [-0.25, -0.2) is 4.98 Å². The lowest BCUT2D eigenvalue weighted by Crippen LogP contribution is -2.26. The maximum atomic E-state index is 4.26. The monoisotopic (exact) mass is 328 g/mol. The van der Waals surface area contributed by atoms with Gasteiger partial charge in [0.1, 0.15) is 9.21 Å². The van der Waals surface area contributed by atoms with E-state index in [0.29, 0.717) is 15.0 Å². The first-order chi connectivity index (χ1) is 7.25. The molecule has 0 bridgehead atoms. The van der Waals surface area contributed by atoms with E-state index in [0.717, 1.165) is 0 Å². The van der Waals surface area contributed by atoms with Gasteiger partial charge in [0.05, 0.1) is 0 Å². The van der Waals surface area contributed by atoms with E-state index in [1.807, 2.05) is 30.6 Å². The summed E-state index contributed by atoms with van der Waals surface area (Å²) in [6, 6.07) is 5.71. The lowest BCUT2D eigenvalue weighted by molar-refractivity contribution is -0.619. The molecule has 0 aromatic carbocycles. The number of halogens is 2. The van der Waals surface area contributed by atoms with Gasteiger partial charge in [-0.1, -0.05) is 6.07 Å². The van der Waals surface area contributed by atoms with E-state index in [9.17, 15) is 0 Å². The smallest absolute Gasteiger partial charge is 0.182 e. The fraction of sp³-hybridized carbons (Fsp3) is 0. The zero-order valence-corrected chi connectivity index (χ0v) is 10.7. The summed E-state index contributed by atoms with van der Waals surface area (Å²) in [5.74, 6) is 0.536. The normalized spacial score (nSPS) is 10.0. The highest BCUT2D eigenvalue weighted by atomic mass is 79.9. The molecule has 0 fully saturated rings. The summed E-state index contributed by atoms with van der Waals surface area (Å²) in [5.41, 5.74) is 4.26. The van der Waals surface area contributed by atoms with Crippen LogP contribution in [-0.4, -0.2) is 9.97 Å². The number of hydrogen-bond donors (Lipinski definition) is 0. The molecule has 0 N–H and O–H groups in total. The van der Waals surface area contributed by atoms with Gasteiger partial charge in [-0.2, -0.15) is 10.1 Å². The Morgan fingerprint density at radius 2 is 1.87 bits per heavy atom. The van der Waals surface area contributed by atoms with Gasteiger partial charge in [0.15, 0.2) is 12.4 Å². The molecule has 15 heavy (non-hydrogen) atoms. The minimum Gasteiger partial charge on any atom is -0.434 e. The Hall–Kier alpha value is -1.01. The highest BCUT2D eigenvalue weighted by Crippen LogP contribution is 2.23. The molecule has 0 aliphatic carbocycles. The Bertz CT molecular complexity index is 461. The van der Waals surface area contributed by atoms with Crippen molar-refractivity contribution in [2.45, 2.75) is 0 Å². The van der Waals surface area contributed by atoms with Gasteiger partial charge in [0.25, 0.3) is 0 Å². The van der Waals surface area contributed by atoms with Gasteiger partial charge in [-0.3, -0.25) is 0 Å². The van der Waals surface area contributed by atoms with Gasteiger partial charge in [0.2, 0.25) is 0 Å². The standard InChI is InChI=1S/C9H6Br2N4/c10-7-6-12-9(8(11)13-7)14-15-4-2-1-3-5-15/h1-6H. The van der Waals surface area contributed by atoms with E-state index < -0.39 is 0 Å². The molecular formula is C9H6Br2N4. The van der Waals surface area contributed by atoms with E-state index in [1.54, 1.807) is 10.9 Å². The highest BCUT2D eigenvalue weighted by Gasteiger charge is 1.99. The highest BCUT2D eigenvalue weighted by molar-refractivity contribution is 9.11.